The number of hydrogen-bond acceptors (Lipinski definition) is 4. The molecule has 4 heteroatoms. The lowest BCUT2D eigenvalue weighted by atomic mass is 9.87. The summed E-state index contributed by atoms with van der Waals surface area (Å²) in [6.07, 6.45) is 3.19. The first-order valence-corrected chi connectivity index (χ1v) is 10.1. The number of benzene rings is 3. The van der Waals surface area contributed by atoms with Crippen molar-refractivity contribution in [2.75, 3.05) is 7.11 Å². The molecule has 0 saturated heterocycles. The van der Waals surface area contributed by atoms with Crippen LogP contribution in [0.5, 0.6) is 11.5 Å². The monoisotopic (exact) mass is 414 g/mol. The van der Waals surface area contributed by atoms with Crippen LogP contribution in [0.2, 0.25) is 0 Å². The molecule has 0 unspecified atom stereocenters. The number of hydrogen-bond donors (Lipinski definition) is 0. The van der Waals surface area contributed by atoms with Crippen molar-refractivity contribution in [1.82, 2.24) is 0 Å². The molecule has 0 spiro atoms. The van der Waals surface area contributed by atoms with Crippen molar-refractivity contribution in [2.45, 2.75) is 26.2 Å². The Balaban J connectivity index is 1.67. The van der Waals surface area contributed by atoms with E-state index < -0.39 is 5.97 Å². The summed E-state index contributed by atoms with van der Waals surface area (Å²) < 4.78 is 10.6. The molecule has 0 aromatic heterocycles. The van der Waals surface area contributed by atoms with E-state index in [9.17, 15) is 9.59 Å². The zero-order chi connectivity index (χ0) is 22.4. The Hall–Kier alpha value is -3.66. The summed E-state index contributed by atoms with van der Waals surface area (Å²) in [4.78, 5) is 24.8. The molecule has 4 nitrogen and oxygen atoms in total. The largest absolute Gasteiger partial charge is 0.497 e. The molecule has 0 aliphatic heterocycles. The highest BCUT2D eigenvalue weighted by Gasteiger charge is 2.15. The number of ether oxygens (including phenoxy) is 2. The van der Waals surface area contributed by atoms with Crippen molar-refractivity contribution in [2.24, 2.45) is 0 Å². The lowest BCUT2D eigenvalue weighted by Gasteiger charge is -2.18. The summed E-state index contributed by atoms with van der Waals surface area (Å²) in [5, 5.41) is 0. The molecule has 31 heavy (non-hydrogen) atoms. The first kappa shape index (κ1) is 22.0. The van der Waals surface area contributed by atoms with Crippen molar-refractivity contribution in [3.05, 3.63) is 101 Å². The third-order valence-electron chi connectivity index (χ3n) is 4.86. The molecule has 158 valence electrons. The summed E-state index contributed by atoms with van der Waals surface area (Å²) in [5.41, 5.74) is 2.99. The average Bonchev–Trinajstić information content (AvgIpc) is 2.77. The minimum absolute atomic E-state index is 0.0202. The highest BCUT2D eigenvalue weighted by atomic mass is 16.5. The second-order valence-electron chi connectivity index (χ2n) is 8.22. The maximum absolute atomic E-state index is 12.5. The van der Waals surface area contributed by atoms with Gasteiger partial charge in [0.05, 0.1) is 12.7 Å². The zero-order valence-corrected chi connectivity index (χ0v) is 18.2. The van der Waals surface area contributed by atoms with Gasteiger partial charge in [0.15, 0.2) is 5.78 Å². The van der Waals surface area contributed by atoms with Crippen molar-refractivity contribution < 1.29 is 19.1 Å². The van der Waals surface area contributed by atoms with Crippen LogP contribution in [0.1, 0.15) is 52.6 Å². The van der Waals surface area contributed by atoms with Gasteiger partial charge in [0.1, 0.15) is 11.5 Å². The van der Waals surface area contributed by atoms with E-state index in [1.807, 2.05) is 18.2 Å². The molecule has 0 radical (unpaired) electrons. The summed E-state index contributed by atoms with van der Waals surface area (Å²) in [6, 6.07) is 21.4. The first-order valence-electron chi connectivity index (χ1n) is 10.1. The van der Waals surface area contributed by atoms with Crippen LogP contribution in [0.25, 0.3) is 6.08 Å². The maximum atomic E-state index is 12.5. The molecular formula is C27H26O4. The normalized spacial score (nSPS) is 11.4. The molecule has 0 bridgehead atoms. The van der Waals surface area contributed by atoms with Crippen LogP contribution in [0.3, 0.4) is 0 Å². The van der Waals surface area contributed by atoms with E-state index in [1.54, 1.807) is 67.8 Å². The molecular weight excluding hydrogens is 388 g/mol. The number of ketones is 1. The van der Waals surface area contributed by atoms with Gasteiger partial charge in [-0.3, -0.25) is 4.79 Å². The fraction of sp³-hybridized carbons (Fsp3) is 0.185. The van der Waals surface area contributed by atoms with Crippen molar-refractivity contribution in [3.8, 4) is 11.5 Å². The van der Waals surface area contributed by atoms with E-state index in [-0.39, 0.29) is 11.2 Å². The molecule has 0 atom stereocenters. The van der Waals surface area contributed by atoms with Crippen LogP contribution < -0.4 is 9.47 Å². The number of esters is 1. The van der Waals surface area contributed by atoms with E-state index in [0.717, 1.165) is 11.1 Å². The Morgan fingerprint density at radius 2 is 1.45 bits per heavy atom. The third-order valence-corrected chi connectivity index (χ3v) is 4.86. The van der Waals surface area contributed by atoms with Gasteiger partial charge in [-0.05, 0) is 71.1 Å². The third kappa shape index (κ3) is 5.92. The van der Waals surface area contributed by atoms with E-state index in [1.165, 1.54) is 6.08 Å². The zero-order valence-electron chi connectivity index (χ0n) is 18.2. The van der Waals surface area contributed by atoms with Gasteiger partial charge in [-0.25, -0.2) is 4.79 Å². The van der Waals surface area contributed by atoms with Crippen LogP contribution in [0.15, 0.2) is 78.9 Å². The smallest absolute Gasteiger partial charge is 0.343 e. The molecule has 0 aliphatic carbocycles. The molecule has 3 rings (SSSR count). The average molecular weight is 415 g/mol. The second-order valence-corrected chi connectivity index (χ2v) is 8.22. The van der Waals surface area contributed by atoms with Gasteiger partial charge in [-0.1, -0.05) is 51.1 Å². The lowest BCUT2D eigenvalue weighted by Crippen LogP contribution is -2.12. The van der Waals surface area contributed by atoms with E-state index in [0.29, 0.717) is 22.6 Å². The SMILES string of the molecule is COc1ccc(C(=O)/C=C/c2cccc(OC(=O)c3ccc(C(C)(C)C)cc3)c2)cc1. The predicted octanol–water partition coefficient (Wildman–Crippen LogP) is 6.11. The summed E-state index contributed by atoms with van der Waals surface area (Å²) in [5.74, 6) is 0.576. The van der Waals surface area contributed by atoms with E-state index in [2.05, 4.69) is 20.8 Å². The maximum Gasteiger partial charge on any atom is 0.343 e. The fourth-order valence-corrected chi connectivity index (χ4v) is 2.98. The van der Waals surface area contributed by atoms with Gasteiger partial charge < -0.3 is 9.47 Å². The van der Waals surface area contributed by atoms with Gasteiger partial charge in [-0.2, -0.15) is 0 Å². The minimum Gasteiger partial charge on any atom is -0.497 e. The van der Waals surface area contributed by atoms with Crippen molar-refractivity contribution >= 4 is 17.8 Å². The van der Waals surface area contributed by atoms with Crippen LogP contribution in [-0.4, -0.2) is 18.9 Å². The number of rotatable bonds is 6. The summed E-state index contributed by atoms with van der Waals surface area (Å²) in [6.45, 7) is 6.37. The molecule has 0 amide bonds. The highest BCUT2D eigenvalue weighted by molar-refractivity contribution is 6.06. The van der Waals surface area contributed by atoms with Gasteiger partial charge in [0, 0.05) is 5.56 Å². The Kier molecular flexibility index (Phi) is 6.71. The Labute approximate surface area is 183 Å². The molecule has 0 fully saturated rings. The Bertz CT molecular complexity index is 1090. The van der Waals surface area contributed by atoms with Gasteiger partial charge >= 0.3 is 5.97 Å². The topological polar surface area (TPSA) is 52.6 Å². The van der Waals surface area contributed by atoms with Crippen LogP contribution in [0, 0.1) is 0 Å². The first-order chi connectivity index (χ1) is 14.8. The molecule has 0 saturated carbocycles. The van der Waals surface area contributed by atoms with Crippen molar-refractivity contribution in [3.63, 3.8) is 0 Å². The lowest BCUT2D eigenvalue weighted by molar-refractivity contribution is 0.0734. The summed E-state index contributed by atoms with van der Waals surface area (Å²) in [7, 11) is 1.58. The Morgan fingerprint density at radius 1 is 0.806 bits per heavy atom. The summed E-state index contributed by atoms with van der Waals surface area (Å²) >= 11 is 0. The number of allylic oxidation sites excluding steroid dienone is 1. The predicted molar refractivity (Wildman–Crippen MR) is 123 cm³/mol. The van der Waals surface area contributed by atoms with Crippen LogP contribution in [-0.2, 0) is 5.41 Å². The standard InChI is InChI=1S/C27H26O4/c1-27(2,3)22-13-9-21(10-14-22)26(29)31-24-7-5-6-19(18-24)8-17-25(28)20-11-15-23(30-4)16-12-20/h5-18H,1-4H3/b17-8+. The molecule has 0 N–H and O–H groups in total. The number of methoxy groups -OCH3 is 1. The second kappa shape index (κ2) is 9.43. The minimum atomic E-state index is -0.420. The molecule has 0 heterocycles. The fourth-order valence-electron chi connectivity index (χ4n) is 2.98. The van der Waals surface area contributed by atoms with Gasteiger partial charge in [0.25, 0.3) is 0 Å². The van der Waals surface area contributed by atoms with Gasteiger partial charge in [0.2, 0.25) is 0 Å². The number of carbonyl (C=O) groups is 2. The quantitative estimate of drug-likeness (QED) is 0.211. The van der Waals surface area contributed by atoms with E-state index in [4.69, 9.17) is 9.47 Å². The van der Waals surface area contributed by atoms with Crippen LogP contribution >= 0.6 is 0 Å². The van der Waals surface area contributed by atoms with Gasteiger partial charge in [-0.15, -0.1) is 0 Å². The molecule has 3 aromatic carbocycles. The molecule has 0 aliphatic rings. The molecule has 3 aromatic rings. The number of carbonyl (C=O) groups excluding carboxylic acids is 2. The van der Waals surface area contributed by atoms with Crippen LogP contribution in [0.4, 0.5) is 0 Å². The van der Waals surface area contributed by atoms with Crippen molar-refractivity contribution in [1.29, 1.82) is 0 Å². The Morgan fingerprint density at radius 3 is 2.06 bits per heavy atom. The highest BCUT2D eigenvalue weighted by Crippen LogP contribution is 2.23. The van der Waals surface area contributed by atoms with E-state index >= 15 is 0 Å².